The van der Waals surface area contributed by atoms with E-state index in [9.17, 15) is 0 Å². The van der Waals surface area contributed by atoms with Crippen LogP contribution in [0.1, 0.15) is 6.42 Å². The second kappa shape index (κ2) is 4.95. The molecule has 16 heavy (non-hydrogen) atoms. The number of rotatable bonds is 4. The van der Waals surface area contributed by atoms with Crippen molar-refractivity contribution in [1.29, 1.82) is 0 Å². The Balaban J connectivity index is 2.36. The Kier molecular flexibility index (Phi) is 3.58. The van der Waals surface area contributed by atoms with Gasteiger partial charge in [0.25, 0.3) is 0 Å². The maximum atomic E-state index is 5.86. The molecule has 0 radical (unpaired) electrons. The molecule has 0 saturated heterocycles. The van der Waals surface area contributed by atoms with Gasteiger partial charge in [-0.15, -0.1) is 0 Å². The average molecular weight is 258 g/mol. The van der Waals surface area contributed by atoms with Gasteiger partial charge in [-0.25, -0.2) is 4.98 Å². The van der Waals surface area contributed by atoms with E-state index in [0.717, 1.165) is 24.1 Å². The summed E-state index contributed by atoms with van der Waals surface area (Å²) in [6, 6.07) is 1.83. The number of H-pyrrole nitrogens is 1. The summed E-state index contributed by atoms with van der Waals surface area (Å²) in [5, 5.41) is 0.604. The van der Waals surface area contributed by atoms with E-state index in [0.29, 0.717) is 16.4 Å². The lowest BCUT2D eigenvalue weighted by atomic mass is 10.4. The fourth-order valence-electron chi connectivity index (χ4n) is 1.59. The fraction of sp³-hybridized carbons (Fsp3) is 0.400. The van der Waals surface area contributed by atoms with E-state index in [1.54, 1.807) is 13.3 Å². The Labute approximate surface area is 103 Å². The van der Waals surface area contributed by atoms with Crippen LogP contribution < -0.4 is 0 Å². The molecule has 1 N–H and O–H groups in total. The van der Waals surface area contributed by atoms with Crippen LogP contribution in [-0.2, 0) is 11.3 Å². The van der Waals surface area contributed by atoms with Crippen molar-refractivity contribution >= 4 is 35.0 Å². The highest BCUT2D eigenvalue weighted by molar-refractivity contribution is 7.71. The van der Waals surface area contributed by atoms with Crippen molar-refractivity contribution in [2.24, 2.45) is 0 Å². The van der Waals surface area contributed by atoms with Crippen molar-refractivity contribution in [1.82, 2.24) is 14.5 Å². The van der Waals surface area contributed by atoms with E-state index in [-0.39, 0.29) is 0 Å². The molecule has 2 rings (SSSR count). The minimum atomic E-state index is 0.604. The second-order valence-electron chi connectivity index (χ2n) is 3.45. The van der Waals surface area contributed by atoms with E-state index in [2.05, 4.69) is 9.97 Å². The maximum absolute atomic E-state index is 5.86. The molecule has 0 amide bonds. The molecule has 0 aliphatic heterocycles. The number of halogens is 1. The maximum Gasteiger partial charge on any atom is 0.179 e. The summed E-state index contributed by atoms with van der Waals surface area (Å²) in [6.45, 7) is 1.50. The molecular weight excluding hydrogens is 246 g/mol. The van der Waals surface area contributed by atoms with Crippen molar-refractivity contribution in [2.75, 3.05) is 13.7 Å². The number of methoxy groups -OCH3 is 1. The molecule has 0 aliphatic carbocycles. The molecular formula is C10H12ClN3OS. The van der Waals surface area contributed by atoms with E-state index >= 15 is 0 Å². The van der Waals surface area contributed by atoms with Gasteiger partial charge in [0.05, 0.1) is 10.5 Å². The number of ether oxygens (including phenoxy) is 1. The predicted octanol–water partition coefficient (Wildman–Crippen LogP) is 2.78. The van der Waals surface area contributed by atoms with Gasteiger partial charge in [-0.05, 0) is 24.7 Å². The van der Waals surface area contributed by atoms with Crippen LogP contribution in [0.2, 0.25) is 5.02 Å². The number of imidazole rings is 1. The summed E-state index contributed by atoms with van der Waals surface area (Å²) in [6.07, 6.45) is 2.53. The number of fused-ring (bicyclic) bond motifs is 1. The number of hydrogen-bond acceptors (Lipinski definition) is 3. The largest absolute Gasteiger partial charge is 0.385 e. The first-order valence-corrected chi connectivity index (χ1v) is 5.74. The van der Waals surface area contributed by atoms with Crippen LogP contribution in [-0.4, -0.2) is 28.3 Å². The summed E-state index contributed by atoms with van der Waals surface area (Å²) in [5.74, 6) is 0. The van der Waals surface area contributed by atoms with Crippen LogP contribution in [0.25, 0.3) is 11.2 Å². The zero-order valence-corrected chi connectivity index (χ0v) is 10.4. The first kappa shape index (κ1) is 11.6. The quantitative estimate of drug-likeness (QED) is 0.677. The fourth-order valence-corrected chi connectivity index (χ4v) is 2.04. The summed E-state index contributed by atoms with van der Waals surface area (Å²) in [5.41, 5.74) is 1.71. The molecule has 6 heteroatoms. The molecule has 0 fully saturated rings. The minimum Gasteiger partial charge on any atom is -0.385 e. The van der Waals surface area contributed by atoms with Gasteiger partial charge in [0.2, 0.25) is 0 Å². The van der Waals surface area contributed by atoms with Gasteiger partial charge in [-0.3, -0.25) is 0 Å². The standard InChI is InChI=1S/C10H12ClN3OS/c1-15-4-2-3-14-9-8(13-10(14)16)5-7(11)6-12-9/h5-6H,2-4H2,1H3,(H,13,16). The highest BCUT2D eigenvalue weighted by atomic mass is 35.5. The molecule has 4 nitrogen and oxygen atoms in total. The summed E-state index contributed by atoms with van der Waals surface area (Å²) >= 11 is 11.1. The molecule has 0 bridgehead atoms. The molecule has 86 valence electrons. The first-order chi connectivity index (χ1) is 7.72. The van der Waals surface area contributed by atoms with Crippen molar-refractivity contribution in [2.45, 2.75) is 13.0 Å². The minimum absolute atomic E-state index is 0.604. The molecule has 0 spiro atoms. The Hall–Kier alpha value is -0.910. The van der Waals surface area contributed by atoms with E-state index in [4.69, 9.17) is 28.6 Å². The number of pyridine rings is 1. The lowest BCUT2D eigenvalue weighted by Crippen LogP contribution is -2.02. The van der Waals surface area contributed by atoms with Gasteiger partial charge in [0.1, 0.15) is 0 Å². The molecule has 0 saturated carbocycles. The summed E-state index contributed by atoms with van der Waals surface area (Å²) in [4.78, 5) is 7.36. The molecule has 0 atom stereocenters. The van der Waals surface area contributed by atoms with Crippen LogP contribution >= 0.6 is 23.8 Å². The number of nitrogens with one attached hydrogen (secondary N) is 1. The molecule has 2 aromatic rings. The van der Waals surface area contributed by atoms with E-state index in [1.807, 2.05) is 10.6 Å². The van der Waals surface area contributed by atoms with Gasteiger partial charge in [0.15, 0.2) is 10.4 Å². The third kappa shape index (κ3) is 2.26. The number of aromatic nitrogens is 3. The van der Waals surface area contributed by atoms with Crippen LogP contribution in [0.5, 0.6) is 0 Å². The molecule has 0 aromatic carbocycles. The lowest BCUT2D eigenvalue weighted by Gasteiger charge is -2.02. The highest BCUT2D eigenvalue weighted by Gasteiger charge is 2.05. The highest BCUT2D eigenvalue weighted by Crippen LogP contribution is 2.16. The van der Waals surface area contributed by atoms with Gasteiger partial charge in [0, 0.05) is 26.5 Å². The first-order valence-electron chi connectivity index (χ1n) is 4.95. The molecule has 0 aliphatic rings. The topological polar surface area (TPSA) is 42.8 Å². The van der Waals surface area contributed by atoms with Gasteiger partial charge >= 0.3 is 0 Å². The van der Waals surface area contributed by atoms with Gasteiger partial charge in [-0.1, -0.05) is 11.6 Å². The van der Waals surface area contributed by atoms with Crippen molar-refractivity contribution in [3.63, 3.8) is 0 Å². The normalized spacial score (nSPS) is 11.1. The summed E-state index contributed by atoms with van der Waals surface area (Å²) in [7, 11) is 1.69. The summed E-state index contributed by atoms with van der Waals surface area (Å²) < 4.78 is 7.64. The smallest absolute Gasteiger partial charge is 0.179 e. The average Bonchev–Trinajstić information content (AvgIpc) is 2.55. The van der Waals surface area contributed by atoms with Crippen molar-refractivity contribution in [3.05, 3.63) is 22.1 Å². The Morgan fingerprint density at radius 2 is 2.44 bits per heavy atom. The third-order valence-corrected chi connectivity index (χ3v) is 2.84. The molecule has 2 aromatic heterocycles. The second-order valence-corrected chi connectivity index (χ2v) is 4.28. The van der Waals surface area contributed by atoms with Gasteiger partial charge < -0.3 is 14.3 Å². The third-order valence-electron chi connectivity index (χ3n) is 2.31. The zero-order valence-electron chi connectivity index (χ0n) is 8.86. The zero-order chi connectivity index (χ0) is 11.5. The van der Waals surface area contributed by atoms with Gasteiger partial charge in [-0.2, -0.15) is 0 Å². The van der Waals surface area contributed by atoms with Crippen LogP contribution in [0, 0.1) is 4.77 Å². The Morgan fingerprint density at radius 3 is 3.19 bits per heavy atom. The number of aromatic amines is 1. The van der Waals surface area contributed by atoms with Crippen molar-refractivity contribution in [3.8, 4) is 0 Å². The number of hydrogen-bond donors (Lipinski definition) is 1. The Bertz CT molecular complexity index is 548. The van der Waals surface area contributed by atoms with Crippen LogP contribution in [0.15, 0.2) is 12.3 Å². The van der Waals surface area contributed by atoms with E-state index < -0.39 is 0 Å². The number of aryl methyl sites for hydroxylation is 1. The lowest BCUT2D eigenvalue weighted by molar-refractivity contribution is 0.190. The number of nitrogens with zero attached hydrogens (tertiary/aromatic N) is 2. The predicted molar refractivity (Wildman–Crippen MR) is 66.4 cm³/mol. The monoisotopic (exact) mass is 257 g/mol. The molecule has 0 unspecified atom stereocenters. The van der Waals surface area contributed by atoms with Crippen LogP contribution in [0.3, 0.4) is 0 Å². The van der Waals surface area contributed by atoms with Crippen molar-refractivity contribution < 1.29 is 4.74 Å². The van der Waals surface area contributed by atoms with Crippen LogP contribution in [0.4, 0.5) is 0 Å². The van der Waals surface area contributed by atoms with E-state index in [1.165, 1.54) is 0 Å². The Morgan fingerprint density at radius 1 is 1.62 bits per heavy atom. The molecule has 2 heterocycles. The SMILES string of the molecule is COCCCn1c(=S)[nH]c2cc(Cl)cnc21.